The lowest BCUT2D eigenvalue weighted by Crippen LogP contribution is -2.02. The molecule has 0 radical (unpaired) electrons. The summed E-state index contributed by atoms with van der Waals surface area (Å²) in [4.78, 5) is 8.97. The SMILES string of the molecule is COc1cccc(Nc2nc(C)cc(Nc3ccc(C)cc3)n2)c1. The molecule has 1 aromatic heterocycles. The number of nitrogens with zero attached hydrogens (tertiary/aromatic N) is 2. The molecule has 2 aromatic carbocycles. The van der Waals surface area contributed by atoms with Crippen molar-refractivity contribution in [2.75, 3.05) is 17.7 Å². The van der Waals surface area contributed by atoms with Crippen LogP contribution in [0, 0.1) is 13.8 Å². The van der Waals surface area contributed by atoms with Gasteiger partial charge in [-0.05, 0) is 38.1 Å². The summed E-state index contributed by atoms with van der Waals surface area (Å²) in [5.41, 5.74) is 3.97. The van der Waals surface area contributed by atoms with Gasteiger partial charge in [0.1, 0.15) is 11.6 Å². The number of aromatic nitrogens is 2. The third-order valence-corrected chi connectivity index (χ3v) is 3.50. The molecule has 3 rings (SSSR count). The summed E-state index contributed by atoms with van der Waals surface area (Å²) in [6, 6.07) is 17.8. The second-order valence-electron chi connectivity index (χ2n) is 5.57. The summed E-state index contributed by atoms with van der Waals surface area (Å²) in [5.74, 6) is 2.07. The van der Waals surface area contributed by atoms with Gasteiger partial charge >= 0.3 is 0 Å². The largest absolute Gasteiger partial charge is 0.497 e. The van der Waals surface area contributed by atoms with Gasteiger partial charge in [-0.25, -0.2) is 4.98 Å². The second-order valence-corrected chi connectivity index (χ2v) is 5.57. The summed E-state index contributed by atoms with van der Waals surface area (Å²) >= 11 is 0. The Morgan fingerprint density at radius 3 is 2.38 bits per heavy atom. The lowest BCUT2D eigenvalue weighted by atomic mass is 10.2. The van der Waals surface area contributed by atoms with E-state index in [0.29, 0.717) is 5.95 Å². The fourth-order valence-corrected chi connectivity index (χ4v) is 2.30. The molecule has 5 nitrogen and oxygen atoms in total. The van der Waals surface area contributed by atoms with Crippen LogP contribution >= 0.6 is 0 Å². The van der Waals surface area contributed by atoms with Crippen LogP contribution in [0.4, 0.5) is 23.1 Å². The van der Waals surface area contributed by atoms with Gasteiger partial charge in [0.25, 0.3) is 0 Å². The van der Waals surface area contributed by atoms with Crippen LogP contribution in [-0.2, 0) is 0 Å². The molecule has 0 aliphatic carbocycles. The average Bonchev–Trinajstić information content (AvgIpc) is 2.56. The monoisotopic (exact) mass is 320 g/mol. The molecule has 2 N–H and O–H groups in total. The van der Waals surface area contributed by atoms with E-state index in [0.717, 1.165) is 28.6 Å². The van der Waals surface area contributed by atoms with Crippen molar-refractivity contribution < 1.29 is 4.74 Å². The Hall–Kier alpha value is -3.08. The molecular formula is C19H20N4O. The van der Waals surface area contributed by atoms with Gasteiger partial charge in [-0.2, -0.15) is 4.98 Å². The molecule has 0 atom stereocenters. The highest BCUT2D eigenvalue weighted by molar-refractivity contribution is 5.61. The van der Waals surface area contributed by atoms with Crippen molar-refractivity contribution in [3.8, 4) is 5.75 Å². The van der Waals surface area contributed by atoms with Crippen LogP contribution in [0.25, 0.3) is 0 Å². The number of ether oxygens (including phenoxy) is 1. The van der Waals surface area contributed by atoms with Gasteiger partial charge in [-0.1, -0.05) is 23.8 Å². The minimum Gasteiger partial charge on any atom is -0.497 e. The van der Waals surface area contributed by atoms with Crippen molar-refractivity contribution in [1.29, 1.82) is 0 Å². The Balaban J connectivity index is 1.81. The van der Waals surface area contributed by atoms with Crippen LogP contribution in [0.1, 0.15) is 11.3 Å². The number of hydrogen-bond donors (Lipinski definition) is 2. The second kappa shape index (κ2) is 7.00. The number of rotatable bonds is 5. The molecule has 1 heterocycles. The van der Waals surface area contributed by atoms with Crippen LogP contribution in [0.15, 0.2) is 54.6 Å². The number of anilines is 4. The van der Waals surface area contributed by atoms with Crippen LogP contribution < -0.4 is 15.4 Å². The first-order valence-corrected chi connectivity index (χ1v) is 7.73. The molecule has 0 spiro atoms. The van der Waals surface area contributed by atoms with Crippen molar-refractivity contribution in [2.45, 2.75) is 13.8 Å². The topological polar surface area (TPSA) is 59.1 Å². The van der Waals surface area contributed by atoms with E-state index in [4.69, 9.17) is 4.74 Å². The highest BCUT2D eigenvalue weighted by atomic mass is 16.5. The molecule has 3 aromatic rings. The van der Waals surface area contributed by atoms with Gasteiger partial charge in [0.15, 0.2) is 0 Å². The molecule has 5 heteroatoms. The van der Waals surface area contributed by atoms with E-state index in [9.17, 15) is 0 Å². The first-order chi connectivity index (χ1) is 11.6. The minimum absolute atomic E-state index is 0.540. The van der Waals surface area contributed by atoms with Crippen molar-refractivity contribution in [3.05, 3.63) is 65.9 Å². The van der Waals surface area contributed by atoms with E-state index in [1.165, 1.54) is 5.56 Å². The van der Waals surface area contributed by atoms with Crippen LogP contribution in [-0.4, -0.2) is 17.1 Å². The Kier molecular flexibility index (Phi) is 4.61. The van der Waals surface area contributed by atoms with Gasteiger partial charge in [0, 0.05) is 29.2 Å². The van der Waals surface area contributed by atoms with Gasteiger partial charge in [-0.15, -0.1) is 0 Å². The normalized spacial score (nSPS) is 10.3. The first kappa shape index (κ1) is 15.8. The smallest absolute Gasteiger partial charge is 0.229 e. The highest BCUT2D eigenvalue weighted by Crippen LogP contribution is 2.22. The van der Waals surface area contributed by atoms with Gasteiger partial charge < -0.3 is 15.4 Å². The quantitative estimate of drug-likeness (QED) is 0.720. The predicted octanol–water partition coefficient (Wildman–Crippen LogP) is 4.59. The Morgan fingerprint density at radius 1 is 0.833 bits per heavy atom. The van der Waals surface area contributed by atoms with E-state index in [2.05, 4.69) is 39.7 Å². The Labute approximate surface area is 141 Å². The molecule has 0 amide bonds. The first-order valence-electron chi connectivity index (χ1n) is 7.73. The molecule has 0 aliphatic heterocycles. The zero-order valence-electron chi connectivity index (χ0n) is 14.0. The van der Waals surface area contributed by atoms with E-state index in [1.54, 1.807) is 7.11 Å². The summed E-state index contributed by atoms with van der Waals surface area (Å²) in [6.45, 7) is 4.01. The van der Waals surface area contributed by atoms with E-state index in [1.807, 2.05) is 49.4 Å². The molecule has 0 aliphatic rings. The lowest BCUT2D eigenvalue weighted by Gasteiger charge is -2.11. The maximum absolute atomic E-state index is 5.24. The summed E-state index contributed by atoms with van der Waals surface area (Å²) in [6.07, 6.45) is 0. The molecule has 0 unspecified atom stereocenters. The predicted molar refractivity (Wildman–Crippen MR) is 97.5 cm³/mol. The number of methoxy groups -OCH3 is 1. The number of nitrogens with one attached hydrogen (secondary N) is 2. The van der Waals surface area contributed by atoms with Crippen LogP contribution in [0.5, 0.6) is 5.75 Å². The standard InChI is InChI=1S/C19H20N4O/c1-13-7-9-15(10-8-13)21-18-11-14(2)20-19(23-18)22-16-5-4-6-17(12-16)24-3/h4-12H,1-3H3,(H2,20,21,22,23). The minimum atomic E-state index is 0.540. The van der Waals surface area contributed by atoms with Gasteiger partial charge in [0.05, 0.1) is 7.11 Å². The molecule has 24 heavy (non-hydrogen) atoms. The third-order valence-electron chi connectivity index (χ3n) is 3.50. The van der Waals surface area contributed by atoms with Crippen LogP contribution in [0.2, 0.25) is 0 Å². The lowest BCUT2D eigenvalue weighted by molar-refractivity contribution is 0.415. The van der Waals surface area contributed by atoms with E-state index >= 15 is 0 Å². The Morgan fingerprint density at radius 2 is 1.62 bits per heavy atom. The third kappa shape index (κ3) is 4.01. The van der Waals surface area contributed by atoms with Crippen molar-refractivity contribution in [2.24, 2.45) is 0 Å². The fourth-order valence-electron chi connectivity index (χ4n) is 2.30. The van der Waals surface area contributed by atoms with Crippen molar-refractivity contribution in [1.82, 2.24) is 9.97 Å². The molecule has 0 saturated heterocycles. The Bertz CT molecular complexity index is 831. The molecule has 122 valence electrons. The summed E-state index contributed by atoms with van der Waals surface area (Å²) in [5, 5.41) is 6.52. The highest BCUT2D eigenvalue weighted by Gasteiger charge is 2.04. The van der Waals surface area contributed by atoms with Crippen molar-refractivity contribution >= 4 is 23.1 Å². The fraction of sp³-hybridized carbons (Fsp3) is 0.158. The summed E-state index contributed by atoms with van der Waals surface area (Å²) < 4.78 is 5.24. The maximum Gasteiger partial charge on any atom is 0.229 e. The van der Waals surface area contributed by atoms with Gasteiger partial charge in [-0.3, -0.25) is 0 Å². The van der Waals surface area contributed by atoms with E-state index in [-0.39, 0.29) is 0 Å². The van der Waals surface area contributed by atoms with Crippen molar-refractivity contribution in [3.63, 3.8) is 0 Å². The molecule has 0 saturated carbocycles. The molecular weight excluding hydrogens is 300 g/mol. The summed E-state index contributed by atoms with van der Waals surface area (Å²) in [7, 11) is 1.64. The van der Waals surface area contributed by atoms with Crippen LogP contribution in [0.3, 0.4) is 0 Å². The van der Waals surface area contributed by atoms with Gasteiger partial charge in [0.2, 0.25) is 5.95 Å². The molecule has 0 bridgehead atoms. The number of benzene rings is 2. The average molecular weight is 320 g/mol. The maximum atomic E-state index is 5.24. The van der Waals surface area contributed by atoms with E-state index < -0.39 is 0 Å². The zero-order chi connectivity index (χ0) is 16.9. The zero-order valence-corrected chi connectivity index (χ0v) is 14.0. The number of aryl methyl sites for hydroxylation is 2. The molecule has 0 fully saturated rings. The number of hydrogen-bond acceptors (Lipinski definition) is 5.